The fourth-order valence-electron chi connectivity index (χ4n) is 1.34. The molecule has 6 heteroatoms. The van der Waals surface area contributed by atoms with Crippen LogP contribution in [0.5, 0.6) is 0 Å². The Labute approximate surface area is 99.4 Å². The second-order valence-corrected chi connectivity index (χ2v) is 4.97. The standard InChI is InChI=1S/C11H11N3O2S/c12-17(15,16)10-5-3-4-9(8-10)14-11-6-1-2-7-13-11/h1-8H,(H,13,14)(H2,12,15,16). The molecular formula is C11H11N3O2S. The van der Waals surface area contributed by atoms with E-state index in [1.807, 2.05) is 6.07 Å². The van der Waals surface area contributed by atoms with Crippen LogP contribution in [-0.4, -0.2) is 13.4 Å². The van der Waals surface area contributed by atoms with Gasteiger partial charge in [-0.1, -0.05) is 12.1 Å². The van der Waals surface area contributed by atoms with Gasteiger partial charge in [0.1, 0.15) is 5.82 Å². The first-order valence-corrected chi connectivity index (χ1v) is 6.41. The lowest BCUT2D eigenvalue weighted by Crippen LogP contribution is -2.12. The molecule has 0 unspecified atom stereocenters. The van der Waals surface area contributed by atoms with Gasteiger partial charge in [-0.15, -0.1) is 0 Å². The average Bonchev–Trinajstić information content (AvgIpc) is 2.29. The number of nitrogens with zero attached hydrogens (tertiary/aromatic N) is 1. The zero-order chi connectivity index (χ0) is 12.3. The highest BCUT2D eigenvalue weighted by Gasteiger charge is 2.07. The van der Waals surface area contributed by atoms with Crippen LogP contribution in [0.4, 0.5) is 11.5 Å². The molecular weight excluding hydrogens is 238 g/mol. The van der Waals surface area contributed by atoms with Gasteiger partial charge < -0.3 is 5.32 Å². The van der Waals surface area contributed by atoms with Gasteiger partial charge in [-0.3, -0.25) is 0 Å². The quantitative estimate of drug-likeness (QED) is 0.862. The smallest absolute Gasteiger partial charge is 0.238 e. The van der Waals surface area contributed by atoms with Crippen molar-refractivity contribution < 1.29 is 8.42 Å². The van der Waals surface area contributed by atoms with Gasteiger partial charge in [0.15, 0.2) is 0 Å². The number of anilines is 2. The Hall–Kier alpha value is -1.92. The van der Waals surface area contributed by atoms with Crippen LogP contribution in [0, 0.1) is 0 Å². The van der Waals surface area contributed by atoms with Crippen LogP contribution in [0.15, 0.2) is 53.6 Å². The molecule has 0 amide bonds. The van der Waals surface area contributed by atoms with E-state index in [-0.39, 0.29) is 4.90 Å². The van der Waals surface area contributed by atoms with Crippen LogP contribution in [0.3, 0.4) is 0 Å². The second-order valence-electron chi connectivity index (χ2n) is 3.41. The molecule has 0 bridgehead atoms. The van der Waals surface area contributed by atoms with Crippen molar-refractivity contribution in [1.29, 1.82) is 0 Å². The van der Waals surface area contributed by atoms with E-state index < -0.39 is 10.0 Å². The second kappa shape index (κ2) is 4.52. The van der Waals surface area contributed by atoms with E-state index in [0.29, 0.717) is 11.5 Å². The minimum absolute atomic E-state index is 0.0680. The zero-order valence-electron chi connectivity index (χ0n) is 8.87. The normalized spacial score (nSPS) is 11.1. The van der Waals surface area contributed by atoms with E-state index >= 15 is 0 Å². The number of sulfonamides is 1. The van der Waals surface area contributed by atoms with Crippen LogP contribution in [0.2, 0.25) is 0 Å². The summed E-state index contributed by atoms with van der Waals surface area (Å²) in [6, 6.07) is 11.7. The first kappa shape index (κ1) is 11.6. The molecule has 1 aromatic carbocycles. The summed E-state index contributed by atoms with van der Waals surface area (Å²) in [5.41, 5.74) is 0.621. The molecule has 3 N–H and O–H groups in total. The lowest BCUT2D eigenvalue weighted by Gasteiger charge is -2.06. The van der Waals surface area contributed by atoms with Crippen LogP contribution in [0.1, 0.15) is 0 Å². The molecule has 2 aromatic rings. The molecule has 1 aromatic heterocycles. The number of aromatic nitrogens is 1. The Morgan fingerprint density at radius 2 is 1.94 bits per heavy atom. The Balaban J connectivity index is 2.29. The summed E-state index contributed by atoms with van der Waals surface area (Å²) >= 11 is 0. The molecule has 17 heavy (non-hydrogen) atoms. The molecule has 2 rings (SSSR count). The SMILES string of the molecule is NS(=O)(=O)c1cccc(Nc2ccccn2)c1. The van der Waals surface area contributed by atoms with E-state index in [2.05, 4.69) is 10.3 Å². The largest absolute Gasteiger partial charge is 0.340 e. The summed E-state index contributed by atoms with van der Waals surface area (Å²) in [7, 11) is -3.68. The van der Waals surface area contributed by atoms with Gasteiger partial charge in [-0.25, -0.2) is 18.5 Å². The van der Waals surface area contributed by atoms with Crippen LogP contribution >= 0.6 is 0 Å². The number of nitrogens with two attached hydrogens (primary N) is 1. The molecule has 0 saturated carbocycles. The zero-order valence-corrected chi connectivity index (χ0v) is 9.68. The maximum Gasteiger partial charge on any atom is 0.238 e. The highest BCUT2D eigenvalue weighted by atomic mass is 32.2. The minimum Gasteiger partial charge on any atom is -0.340 e. The monoisotopic (exact) mass is 249 g/mol. The topological polar surface area (TPSA) is 85.1 Å². The Bertz CT molecular complexity index is 612. The Morgan fingerprint density at radius 1 is 1.12 bits per heavy atom. The molecule has 0 radical (unpaired) electrons. The number of pyridine rings is 1. The van der Waals surface area contributed by atoms with Crippen molar-refractivity contribution in [2.45, 2.75) is 4.90 Å². The van der Waals surface area contributed by atoms with Crippen molar-refractivity contribution in [1.82, 2.24) is 4.98 Å². The lowest BCUT2D eigenvalue weighted by atomic mass is 10.3. The first-order valence-electron chi connectivity index (χ1n) is 4.87. The third-order valence-corrected chi connectivity index (χ3v) is 3.01. The molecule has 5 nitrogen and oxygen atoms in total. The molecule has 1 heterocycles. The van der Waals surface area contributed by atoms with Crippen molar-refractivity contribution in [2.24, 2.45) is 5.14 Å². The van der Waals surface area contributed by atoms with Gasteiger partial charge >= 0.3 is 0 Å². The number of nitrogens with one attached hydrogen (secondary N) is 1. The number of benzene rings is 1. The lowest BCUT2D eigenvalue weighted by molar-refractivity contribution is 0.598. The molecule has 0 aliphatic carbocycles. The van der Waals surface area contributed by atoms with Crippen LogP contribution < -0.4 is 10.5 Å². The highest BCUT2D eigenvalue weighted by molar-refractivity contribution is 7.89. The van der Waals surface area contributed by atoms with Gasteiger partial charge in [-0.05, 0) is 30.3 Å². The van der Waals surface area contributed by atoms with E-state index in [0.717, 1.165) is 0 Å². The molecule has 0 aliphatic rings. The van der Waals surface area contributed by atoms with E-state index in [1.54, 1.807) is 30.5 Å². The predicted octanol–water partition coefficient (Wildman–Crippen LogP) is 1.47. The molecule has 0 atom stereocenters. The van der Waals surface area contributed by atoms with Crippen molar-refractivity contribution in [3.63, 3.8) is 0 Å². The molecule has 0 fully saturated rings. The highest BCUT2D eigenvalue weighted by Crippen LogP contribution is 2.17. The summed E-state index contributed by atoms with van der Waals surface area (Å²) < 4.78 is 22.3. The first-order chi connectivity index (χ1) is 8.05. The van der Waals surface area contributed by atoms with Crippen molar-refractivity contribution in [3.05, 3.63) is 48.7 Å². The Morgan fingerprint density at radius 3 is 2.59 bits per heavy atom. The Kier molecular flexibility index (Phi) is 3.08. The fraction of sp³-hybridized carbons (Fsp3) is 0. The van der Waals surface area contributed by atoms with Crippen LogP contribution in [-0.2, 0) is 10.0 Å². The summed E-state index contributed by atoms with van der Waals surface area (Å²) in [4.78, 5) is 4.14. The van der Waals surface area contributed by atoms with E-state index in [1.165, 1.54) is 12.1 Å². The van der Waals surface area contributed by atoms with Gasteiger partial charge in [0, 0.05) is 11.9 Å². The van der Waals surface area contributed by atoms with Gasteiger partial charge in [0.2, 0.25) is 10.0 Å². The number of hydrogen-bond acceptors (Lipinski definition) is 4. The number of hydrogen-bond donors (Lipinski definition) is 2. The van der Waals surface area contributed by atoms with Crippen molar-refractivity contribution >= 4 is 21.5 Å². The van der Waals surface area contributed by atoms with Gasteiger partial charge in [-0.2, -0.15) is 0 Å². The molecule has 0 saturated heterocycles. The van der Waals surface area contributed by atoms with Crippen LogP contribution in [0.25, 0.3) is 0 Å². The molecule has 0 aliphatic heterocycles. The van der Waals surface area contributed by atoms with Crippen molar-refractivity contribution in [2.75, 3.05) is 5.32 Å². The summed E-state index contributed by atoms with van der Waals surface area (Å²) in [6.07, 6.45) is 1.64. The van der Waals surface area contributed by atoms with Gasteiger partial charge in [0.25, 0.3) is 0 Å². The van der Waals surface area contributed by atoms with Crippen molar-refractivity contribution in [3.8, 4) is 0 Å². The van der Waals surface area contributed by atoms with E-state index in [4.69, 9.17) is 5.14 Å². The third kappa shape index (κ3) is 3.02. The number of primary sulfonamides is 1. The summed E-state index contributed by atoms with van der Waals surface area (Å²) in [5, 5.41) is 8.03. The minimum atomic E-state index is -3.68. The molecule has 88 valence electrons. The maximum absolute atomic E-state index is 11.2. The summed E-state index contributed by atoms with van der Waals surface area (Å²) in [5.74, 6) is 0.638. The van der Waals surface area contributed by atoms with E-state index in [9.17, 15) is 8.42 Å². The third-order valence-electron chi connectivity index (χ3n) is 2.10. The average molecular weight is 249 g/mol. The maximum atomic E-state index is 11.2. The predicted molar refractivity (Wildman–Crippen MR) is 65.3 cm³/mol. The number of rotatable bonds is 3. The fourth-order valence-corrected chi connectivity index (χ4v) is 1.89. The summed E-state index contributed by atoms with van der Waals surface area (Å²) in [6.45, 7) is 0. The molecule has 0 spiro atoms. The van der Waals surface area contributed by atoms with Gasteiger partial charge in [0.05, 0.1) is 4.90 Å².